The van der Waals surface area contributed by atoms with Crippen LogP contribution in [0.15, 0.2) is 18.3 Å². The molecule has 0 unspecified atom stereocenters. The monoisotopic (exact) mass is 249 g/mol. The lowest BCUT2D eigenvalue weighted by atomic mass is 9.85. The van der Waals surface area contributed by atoms with Gasteiger partial charge in [0.2, 0.25) is 5.91 Å². The summed E-state index contributed by atoms with van der Waals surface area (Å²) < 4.78 is 0. The predicted octanol–water partition coefficient (Wildman–Crippen LogP) is -0.111. The lowest BCUT2D eigenvalue weighted by Gasteiger charge is -2.33. The second kappa shape index (κ2) is 4.64. The quantitative estimate of drug-likeness (QED) is 0.727. The summed E-state index contributed by atoms with van der Waals surface area (Å²) in [7, 11) is 3.75. The molecule has 6 heteroatoms. The zero-order valence-electron chi connectivity index (χ0n) is 10.3. The first-order valence-corrected chi connectivity index (χ1v) is 5.64. The predicted molar refractivity (Wildman–Crippen MR) is 65.3 cm³/mol. The standard InChI is InChI=1S/C12H15N3O3/c1-15(2)9-6-7(3-4-13-9)5-8-10(12(17)18)14-11(8)16/h3-4,6,8,10H,5H2,1-2H3,(H,14,16)(H,17,18)/t8-,10+/m1/s1. The maximum atomic E-state index is 11.4. The Balaban J connectivity index is 2.11. The van der Waals surface area contributed by atoms with Crippen LogP contribution in [0.2, 0.25) is 0 Å². The molecule has 0 aromatic carbocycles. The fourth-order valence-corrected chi connectivity index (χ4v) is 1.95. The van der Waals surface area contributed by atoms with Gasteiger partial charge in [-0.25, -0.2) is 9.78 Å². The third-order valence-corrected chi connectivity index (χ3v) is 3.03. The number of anilines is 1. The summed E-state index contributed by atoms with van der Waals surface area (Å²) in [5, 5.41) is 11.3. The molecule has 18 heavy (non-hydrogen) atoms. The number of pyridine rings is 1. The van der Waals surface area contributed by atoms with Crippen molar-refractivity contribution in [2.75, 3.05) is 19.0 Å². The van der Waals surface area contributed by atoms with Crippen molar-refractivity contribution in [1.82, 2.24) is 10.3 Å². The number of carboxylic acid groups (broad SMARTS) is 1. The van der Waals surface area contributed by atoms with Crippen LogP contribution in [0.4, 0.5) is 5.82 Å². The highest BCUT2D eigenvalue weighted by Gasteiger charge is 2.43. The zero-order valence-corrected chi connectivity index (χ0v) is 10.3. The Morgan fingerprint density at radius 3 is 2.83 bits per heavy atom. The van der Waals surface area contributed by atoms with Crippen LogP contribution >= 0.6 is 0 Å². The lowest BCUT2D eigenvalue weighted by molar-refractivity contribution is -0.153. The van der Waals surface area contributed by atoms with Gasteiger partial charge in [-0.1, -0.05) is 0 Å². The molecule has 96 valence electrons. The Morgan fingerprint density at radius 2 is 2.28 bits per heavy atom. The molecule has 1 fully saturated rings. The molecule has 0 aliphatic carbocycles. The van der Waals surface area contributed by atoms with Crippen LogP contribution in [0.5, 0.6) is 0 Å². The van der Waals surface area contributed by atoms with Gasteiger partial charge < -0.3 is 15.3 Å². The van der Waals surface area contributed by atoms with Crippen LogP contribution in [0.25, 0.3) is 0 Å². The SMILES string of the molecule is CN(C)c1cc(C[C@H]2C(=O)N[C@@H]2C(=O)O)ccn1. The summed E-state index contributed by atoms with van der Waals surface area (Å²) in [6, 6.07) is 2.90. The van der Waals surface area contributed by atoms with Crippen molar-refractivity contribution in [1.29, 1.82) is 0 Å². The van der Waals surface area contributed by atoms with E-state index in [2.05, 4.69) is 10.3 Å². The fraction of sp³-hybridized carbons (Fsp3) is 0.417. The van der Waals surface area contributed by atoms with E-state index in [4.69, 9.17) is 5.11 Å². The van der Waals surface area contributed by atoms with Crippen molar-refractivity contribution in [3.8, 4) is 0 Å². The molecule has 6 nitrogen and oxygen atoms in total. The van der Waals surface area contributed by atoms with E-state index in [1.54, 1.807) is 12.3 Å². The summed E-state index contributed by atoms with van der Waals surface area (Å²) in [5.74, 6) is -0.883. The number of carboxylic acids is 1. The molecule has 2 heterocycles. The summed E-state index contributed by atoms with van der Waals surface area (Å²) in [5.41, 5.74) is 0.916. The van der Waals surface area contributed by atoms with Gasteiger partial charge in [-0.15, -0.1) is 0 Å². The smallest absolute Gasteiger partial charge is 0.327 e. The molecule has 2 rings (SSSR count). The molecular weight excluding hydrogens is 234 g/mol. The first-order valence-electron chi connectivity index (χ1n) is 5.64. The van der Waals surface area contributed by atoms with Crippen molar-refractivity contribution in [2.24, 2.45) is 5.92 Å². The number of aliphatic carboxylic acids is 1. The number of carbonyl (C=O) groups excluding carboxylic acids is 1. The van der Waals surface area contributed by atoms with E-state index in [0.717, 1.165) is 11.4 Å². The van der Waals surface area contributed by atoms with Gasteiger partial charge in [0.1, 0.15) is 11.9 Å². The average Bonchev–Trinajstić information content (AvgIpc) is 2.33. The molecule has 0 spiro atoms. The second-order valence-corrected chi connectivity index (χ2v) is 4.55. The molecule has 1 saturated heterocycles. The van der Waals surface area contributed by atoms with Gasteiger partial charge >= 0.3 is 5.97 Å². The highest BCUT2D eigenvalue weighted by molar-refractivity contribution is 5.96. The van der Waals surface area contributed by atoms with E-state index in [0.29, 0.717) is 6.42 Å². The van der Waals surface area contributed by atoms with Gasteiger partial charge in [-0.3, -0.25) is 4.79 Å². The van der Waals surface area contributed by atoms with Crippen molar-refractivity contribution >= 4 is 17.7 Å². The number of rotatable bonds is 4. The summed E-state index contributed by atoms with van der Waals surface area (Å²) in [6.45, 7) is 0. The minimum absolute atomic E-state index is 0.203. The number of aromatic nitrogens is 1. The molecule has 1 amide bonds. The number of hydrogen-bond acceptors (Lipinski definition) is 4. The Bertz CT molecular complexity index is 487. The van der Waals surface area contributed by atoms with E-state index < -0.39 is 17.9 Å². The van der Waals surface area contributed by atoms with Crippen molar-refractivity contribution in [2.45, 2.75) is 12.5 Å². The van der Waals surface area contributed by atoms with E-state index in [1.165, 1.54) is 0 Å². The highest BCUT2D eigenvalue weighted by atomic mass is 16.4. The van der Waals surface area contributed by atoms with Gasteiger partial charge in [0.25, 0.3) is 0 Å². The minimum atomic E-state index is -0.985. The first kappa shape index (κ1) is 12.3. The van der Waals surface area contributed by atoms with Crippen LogP contribution < -0.4 is 10.2 Å². The molecule has 1 aromatic heterocycles. The van der Waals surface area contributed by atoms with E-state index in [1.807, 2.05) is 25.1 Å². The third-order valence-electron chi connectivity index (χ3n) is 3.03. The lowest BCUT2D eigenvalue weighted by Crippen LogP contribution is -2.62. The molecule has 1 aromatic rings. The van der Waals surface area contributed by atoms with Crippen molar-refractivity contribution in [3.05, 3.63) is 23.9 Å². The largest absolute Gasteiger partial charge is 0.480 e. The van der Waals surface area contributed by atoms with Gasteiger partial charge in [-0.05, 0) is 24.1 Å². The van der Waals surface area contributed by atoms with Crippen LogP contribution in [0.3, 0.4) is 0 Å². The van der Waals surface area contributed by atoms with Crippen molar-refractivity contribution < 1.29 is 14.7 Å². The van der Waals surface area contributed by atoms with Crippen LogP contribution in [-0.2, 0) is 16.0 Å². The molecule has 0 radical (unpaired) electrons. The molecule has 2 atom stereocenters. The summed E-state index contributed by atoms with van der Waals surface area (Å²) >= 11 is 0. The average molecular weight is 249 g/mol. The Kier molecular flexibility index (Phi) is 3.18. The molecule has 0 saturated carbocycles. The molecular formula is C12H15N3O3. The van der Waals surface area contributed by atoms with Gasteiger partial charge in [0.15, 0.2) is 0 Å². The second-order valence-electron chi connectivity index (χ2n) is 4.55. The molecule has 1 aliphatic heterocycles. The van der Waals surface area contributed by atoms with E-state index in [-0.39, 0.29) is 5.91 Å². The fourth-order valence-electron chi connectivity index (χ4n) is 1.95. The van der Waals surface area contributed by atoms with Gasteiger partial charge in [-0.2, -0.15) is 0 Å². The summed E-state index contributed by atoms with van der Waals surface area (Å²) in [4.78, 5) is 28.3. The molecule has 2 N–H and O–H groups in total. The number of amides is 1. The highest BCUT2D eigenvalue weighted by Crippen LogP contribution is 2.22. The number of β-lactam (4-membered cyclic amide) rings is 1. The normalized spacial score (nSPS) is 22.0. The van der Waals surface area contributed by atoms with Crippen LogP contribution in [0, 0.1) is 5.92 Å². The number of carbonyl (C=O) groups is 2. The first-order chi connectivity index (χ1) is 8.49. The number of hydrogen-bond donors (Lipinski definition) is 2. The zero-order chi connectivity index (χ0) is 13.3. The Hall–Kier alpha value is -2.11. The van der Waals surface area contributed by atoms with Crippen molar-refractivity contribution in [3.63, 3.8) is 0 Å². The van der Waals surface area contributed by atoms with E-state index in [9.17, 15) is 9.59 Å². The van der Waals surface area contributed by atoms with Gasteiger partial charge in [0, 0.05) is 20.3 Å². The number of nitrogens with zero attached hydrogens (tertiary/aromatic N) is 2. The molecule has 1 aliphatic rings. The maximum Gasteiger partial charge on any atom is 0.327 e. The van der Waals surface area contributed by atoms with E-state index >= 15 is 0 Å². The topological polar surface area (TPSA) is 82.5 Å². The summed E-state index contributed by atoms with van der Waals surface area (Å²) in [6.07, 6.45) is 2.09. The molecule has 0 bridgehead atoms. The van der Waals surface area contributed by atoms with Gasteiger partial charge in [0.05, 0.1) is 5.92 Å². The van der Waals surface area contributed by atoms with Crippen LogP contribution in [-0.4, -0.2) is 42.1 Å². The maximum absolute atomic E-state index is 11.4. The minimum Gasteiger partial charge on any atom is -0.480 e. The Labute approximate surface area is 105 Å². The number of nitrogens with one attached hydrogen (secondary N) is 1. The van der Waals surface area contributed by atoms with Crippen LogP contribution in [0.1, 0.15) is 5.56 Å². The Morgan fingerprint density at radius 1 is 1.56 bits per heavy atom. The third kappa shape index (κ3) is 2.27.